The van der Waals surface area contributed by atoms with Crippen LogP contribution >= 0.6 is 11.6 Å². The first-order valence-corrected chi connectivity index (χ1v) is 5.27. The van der Waals surface area contributed by atoms with Crippen LogP contribution in [0.15, 0.2) is 35.3 Å². The van der Waals surface area contributed by atoms with Gasteiger partial charge >= 0.3 is 0 Å². The lowest BCUT2D eigenvalue weighted by molar-refractivity contribution is -0.0659. The summed E-state index contributed by atoms with van der Waals surface area (Å²) in [5, 5.41) is 10.1. The van der Waals surface area contributed by atoms with Crippen LogP contribution in [0.5, 0.6) is 0 Å². The van der Waals surface area contributed by atoms with Crippen LogP contribution in [0.4, 0.5) is 0 Å². The van der Waals surface area contributed by atoms with Crippen molar-refractivity contribution >= 4 is 11.6 Å². The molecule has 2 rings (SSSR count). The van der Waals surface area contributed by atoms with Gasteiger partial charge in [-0.2, -0.15) is 0 Å². The molecule has 0 aromatic rings. The molecule has 0 saturated carbocycles. The first-order valence-electron chi connectivity index (χ1n) is 4.89. The number of hydrogen-bond acceptors (Lipinski definition) is 3. The molecule has 0 saturated heterocycles. The number of aliphatic hydroxyl groups excluding tert-OH is 1. The monoisotopic (exact) mass is 228 g/mol. The predicted molar refractivity (Wildman–Crippen MR) is 57.2 cm³/mol. The van der Waals surface area contributed by atoms with E-state index < -0.39 is 5.60 Å². The molecule has 0 amide bonds. The SMILES string of the molecule is OCC1(C2=C(Cl)C=CCC2)COC=CO1. The molecule has 15 heavy (non-hydrogen) atoms. The van der Waals surface area contributed by atoms with Crippen LogP contribution in [0.1, 0.15) is 12.8 Å². The molecule has 0 aromatic carbocycles. The summed E-state index contributed by atoms with van der Waals surface area (Å²) in [5.74, 6) is 0. The molecule has 0 aromatic heterocycles. The Bertz CT molecular complexity index is 333. The maximum atomic E-state index is 9.46. The van der Waals surface area contributed by atoms with Gasteiger partial charge in [-0.05, 0) is 24.5 Å². The zero-order chi connectivity index (χ0) is 10.7. The lowest BCUT2D eigenvalue weighted by Crippen LogP contribution is -2.44. The van der Waals surface area contributed by atoms with Crippen LogP contribution in [0.25, 0.3) is 0 Å². The molecule has 1 aliphatic carbocycles. The maximum Gasteiger partial charge on any atom is 0.187 e. The number of hydrogen-bond donors (Lipinski definition) is 1. The van der Waals surface area contributed by atoms with Gasteiger partial charge in [-0.1, -0.05) is 17.7 Å². The van der Waals surface area contributed by atoms with Crippen molar-refractivity contribution in [2.24, 2.45) is 0 Å². The number of aliphatic hydroxyl groups is 1. The van der Waals surface area contributed by atoms with Crippen molar-refractivity contribution in [3.05, 3.63) is 35.3 Å². The first kappa shape index (κ1) is 10.6. The van der Waals surface area contributed by atoms with E-state index in [1.807, 2.05) is 12.2 Å². The fourth-order valence-electron chi connectivity index (χ4n) is 1.83. The summed E-state index contributed by atoms with van der Waals surface area (Å²) < 4.78 is 10.7. The van der Waals surface area contributed by atoms with E-state index in [1.54, 1.807) is 0 Å². The lowest BCUT2D eigenvalue weighted by Gasteiger charge is -2.36. The minimum absolute atomic E-state index is 0.128. The third kappa shape index (κ3) is 1.90. The summed E-state index contributed by atoms with van der Waals surface area (Å²) in [7, 11) is 0. The van der Waals surface area contributed by atoms with E-state index in [0.29, 0.717) is 11.6 Å². The minimum atomic E-state index is -0.795. The van der Waals surface area contributed by atoms with Crippen molar-refractivity contribution in [3.8, 4) is 0 Å². The zero-order valence-corrected chi connectivity index (χ0v) is 9.04. The molecular formula is C11H13ClO3. The van der Waals surface area contributed by atoms with Gasteiger partial charge in [0.25, 0.3) is 0 Å². The Morgan fingerprint density at radius 2 is 2.33 bits per heavy atom. The van der Waals surface area contributed by atoms with Crippen LogP contribution < -0.4 is 0 Å². The van der Waals surface area contributed by atoms with E-state index >= 15 is 0 Å². The van der Waals surface area contributed by atoms with Gasteiger partial charge < -0.3 is 14.6 Å². The molecule has 1 atom stereocenters. The standard InChI is InChI=1S/C11H13ClO3/c12-10-4-2-1-3-9(10)11(7-13)8-14-5-6-15-11/h2,4-6,13H,1,3,7-8H2. The number of allylic oxidation sites excluding steroid dienone is 3. The quantitative estimate of drug-likeness (QED) is 0.787. The highest BCUT2D eigenvalue weighted by Crippen LogP contribution is 2.35. The van der Waals surface area contributed by atoms with Gasteiger partial charge in [0.1, 0.15) is 19.1 Å². The number of ether oxygens (including phenoxy) is 2. The highest BCUT2D eigenvalue weighted by atomic mass is 35.5. The van der Waals surface area contributed by atoms with Gasteiger partial charge in [0.15, 0.2) is 5.60 Å². The second-order valence-corrected chi connectivity index (χ2v) is 4.03. The summed E-state index contributed by atoms with van der Waals surface area (Å²) in [6.07, 6.45) is 8.50. The molecule has 1 heterocycles. The third-order valence-electron chi connectivity index (χ3n) is 2.68. The normalized spacial score (nSPS) is 30.0. The van der Waals surface area contributed by atoms with Crippen molar-refractivity contribution in [1.29, 1.82) is 0 Å². The minimum Gasteiger partial charge on any atom is -0.493 e. The second-order valence-electron chi connectivity index (χ2n) is 3.62. The van der Waals surface area contributed by atoms with E-state index in [0.717, 1.165) is 18.4 Å². The molecule has 0 spiro atoms. The van der Waals surface area contributed by atoms with Crippen molar-refractivity contribution in [2.75, 3.05) is 13.2 Å². The van der Waals surface area contributed by atoms with Crippen molar-refractivity contribution in [3.63, 3.8) is 0 Å². The molecule has 0 fully saturated rings. The Balaban J connectivity index is 2.33. The summed E-state index contributed by atoms with van der Waals surface area (Å²) in [6, 6.07) is 0. The smallest absolute Gasteiger partial charge is 0.187 e. The zero-order valence-electron chi connectivity index (χ0n) is 8.28. The number of halogens is 1. The topological polar surface area (TPSA) is 38.7 Å². The Hall–Kier alpha value is -0.930. The highest BCUT2D eigenvalue weighted by Gasteiger charge is 2.39. The summed E-state index contributed by atoms with van der Waals surface area (Å²) >= 11 is 6.11. The molecule has 1 aliphatic heterocycles. The highest BCUT2D eigenvalue weighted by molar-refractivity contribution is 6.31. The largest absolute Gasteiger partial charge is 0.493 e. The van der Waals surface area contributed by atoms with Gasteiger partial charge in [-0.25, -0.2) is 0 Å². The van der Waals surface area contributed by atoms with E-state index in [1.165, 1.54) is 12.5 Å². The second kappa shape index (κ2) is 4.29. The maximum absolute atomic E-state index is 9.46. The Labute approximate surface area is 93.6 Å². The predicted octanol–water partition coefficient (Wildman–Crippen LogP) is 2.08. The van der Waals surface area contributed by atoms with Gasteiger partial charge in [0, 0.05) is 5.03 Å². The molecule has 1 N–H and O–H groups in total. The van der Waals surface area contributed by atoms with E-state index in [9.17, 15) is 5.11 Å². The van der Waals surface area contributed by atoms with Crippen molar-refractivity contribution in [1.82, 2.24) is 0 Å². The molecule has 4 heteroatoms. The van der Waals surface area contributed by atoms with Crippen LogP contribution in [-0.4, -0.2) is 23.9 Å². The number of rotatable bonds is 2. The average molecular weight is 229 g/mol. The molecule has 0 bridgehead atoms. The van der Waals surface area contributed by atoms with Gasteiger partial charge in [0.2, 0.25) is 0 Å². The van der Waals surface area contributed by atoms with Gasteiger partial charge in [0.05, 0.1) is 6.61 Å². The fourth-order valence-corrected chi connectivity index (χ4v) is 2.19. The first-order chi connectivity index (χ1) is 7.28. The van der Waals surface area contributed by atoms with Crippen LogP contribution in [-0.2, 0) is 9.47 Å². The average Bonchev–Trinajstić information content (AvgIpc) is 2.30. The van der Waals surface area contributed by atoms with Crippen LogP contribution in [0.3, 0.4) is 0 Å². The molecule has 1 unspecified atom stereocenters. The Morgan fingerprint density at radius 3 is 2.93 bits per heavy atom. The Morgan fingerprint density at radius 1 is 1.47 bits per heavy atom. The van der Waals surface area contributed by atoms with E-state index in [2.05, 4.69) is 0 Å². The summed E-state index contributed by atoms with van der Waals surface area (Å²) in [4.78, 5) is 0. The van der Waals surface area contributed by atoms with Crippen LogP contribution in [0, 0.1) is 0 Å². The molecule has 2 aliphatic rings. The van der Waals surface area contributed by atoms with Gasteiger partial charge in [-0.3, -0.25) is 0 Å². The summed E-state index contributed by atoms with van der Waals surface area (Å²) in [5.41, 5.74) is 0.120. The van der Waals surface area contributed by atoms with Crippen molar-refractivity contribution < 1.29 is 14.6 Å². The third-order valence-corrected chi connectivity index (χ3v) is 3.03. The van der Waals surface area contributed by atoms with Crippen molar-refractivity contribution in [2.45, 2.75) is 18.4 Å². The molecular weight excluding hydrogens is 216 g/mol. The molecule has 3 nitrogen and oxygen atoms in total. The van der Waals surface area contributed by atoms with Crippen LogP contribution in [0.2, 0.25) is 0 Å². The van der Waals surface area contributed by atoms with E-state index in [4.69, 9.17) is 21.1 Å². The lowest BCUT2D eigenvalue weighted by atomic mass is 9.88. The molecule has 82 valence electrons. The Kier molecular flexibility index (Phi) is 3.03. The molecule has 0 radical (unpaired) electrons. The summed E-state index contributed by atoms with van der Waals surface area (Å²) in [6.45, 7) is 0.177. The van der Waals surface area contributed by atoms with E-state index in [-0.39, 0.29) is 6.61 Å². The fraction of sp³-hybridized carbons (Fsp3) is 0.455. The van der Waals surface area contributed by atoms with Gasteiger partial charge in [-0.15, -0.1) is 0 Å².